The molecule has 2 unspecified atom stereocenters. The highest BCUT2D eigenvalue weighted by Gasteiger charge is 2.32. The van der Waals surface area contributed by atoms with Crippen molar-refractivity contribution in [1.29, 1.82) is 0 Å². The van der Waals surface area contributed by atoms with Gasteiger partial charge in [-0.2, -0.15) is 0 Å². The summed E-state index contributed by atoms with van der Waals surface area (Å²) in [5.74, 6) is 0.911. The Kier molecular flexibility index (Phi) is 5.75. The third-order valence-corrected chi connectivity index (χ3v) is 5.58. The van der Waals surface area contributed by atoms with Crippen molar-refractivity contribution in [3.8, 4) is 0 Å². The first-order valence-electron chi connectivity index (χ1n) is 9.86. The molecule has 1 saturated heterocycles. The van der Waals surface area contributed by atoms with Crippen molar-refractivity contribution >= 4 is 17.0 Å². The van der Waals surface area contributed by atoms with E-state index < -0.39 is 5.76 Å². The predicted molar refractivity (Wildman–Crippen MR) is 107 cm³/mol. The van der Waals surface area contributed by atoms with E-state index in [4.69, 9.17) is 4.42 Å². The molecular formula is C21H31N3O3. The van der Waals surface area contributed by atoms with Gasteiger partial charge in [0.2, 0.25) is 5.91 Å². The summed E-state index contributed by atoms with van der Waals surface area (Å²) in [5.41, 5.74) is 1.20. The van der Waals surface area contributed by atoms with Gasteiger partial charge in [-0.3, -0.25) is 14.3 Å². The van der Waals surface area contributed by atoms with Crippen LogP contribution in [0.3, 0.4) is 0 Å². The number of amides is 1. The topological polar surface area (TPSA) is 67.5 Å². The third kappa shape index (κ3) is 4.61. The van der Waals surface area contributed by atoms with Crippen molar-refractivity contribution in [3.05, 3.63) is 34.8 Å². The number of para-hydroxylation sites is 2. The van der Waals surface area contributed by atoms with Crippen LogP contribution in [0.4, 0.5) is 0 Å². The number of nitrogens with one attached hydrogen (secondary N) is 1. The molecule has 1 aromatic heterocycles. The molecule has 0 aliphatic carbocycles. The van der Waals surface area contributed by atoms with Gasteiger partial charge in [0.1, 0.15) is 0 Å². The zero-order valence-corrected chi connectivity index (χ0v) is 16.8. The van der Waals surface area contributed by atoms with Gasteiger partial charge >= 0.3 is 5.76 Å². The first-order chi connectivity index (χ1) is 12.8. The van der Waals surface area contributed by atoms with Crippen LogP contribution in [0.2, 0.25) is 0 Å². The molecular weight excluding hydrogens is 342 g/mol. The Bertz CT molecular complexity index is 842. The summed E-state index contributed by atoms with van der Waals surface area (Å²) < 4.78 is 6.74. The van der Waals surface area contributed by atoms with E-state index in [1.54, 1.807) is 6.07 Å². The number of hydrogen-bond donors (Lipinski definition) is 1. The van der Waals surface area contributed by atoms with Crippen LogP contribution < -0.4 is 11.1 Å². The average molecular weight is 373 g/mol. The van der Waals surface area contributed by atoms with Crippen LogP contribution in [0.25, 0.3) is 11.1 Å². The minimum Gasteiger partial charge on any atom is -0.408 e. The molecule has 2 atom stereocenters. The lowest BCUT2D eigenvalue weighted by Gasteiger charge is -2.45. The number of rotatable bonds is 6. The normalized spacial score (nSPS) is 21.5. The van der Waals surface area contributed by atoms with Gasteiger partial charge in [0.25, 0.3) is 0 Å². The van der Waals surface area contributed by atoms with Crippen LogP contribution in [0, 0.1) is 11.8 Å². The number of carbonyl (C=O) groups excluding carboxylic acids is 1. The zero-order valence-electron chi connectivity index (χ0n) is 16.8. The minimum absolute atomic E-state index is 0.0432. The Labute approximate surface area is 160 Å². The molecule has 1 aliphatic heterocycles. The van der Waals surface area contributed by atoms with Gasteiger partial charge in [-0.15, -0.1) is 0 Å². The second-order valence-electron chi connectivity index (χ2n) is 8.68. The molecule has 6 nitrogen and oxygen atoms in total. The third-order valence-electron chi connectivity index (χ3n) is 5.58. The maximum Gasteiger partial charge on any atom is 0.419 e. The first kappa shape index (κ1) is 19.7. The summed E-state index contributed by atoms with van der Waals surface area (Å²) >= 11 is 0. The molecule has 1 aromatic carbocycles. The number of benzene rings is 1. The van der Waals surface area contributed by atoms with E-state index in [1.807, 2.05) is 18.2 Å². The largest absolute Gasteiger partial charge is 0.419 e. The Morgan fingerprint density at radius 3 is 2.59 bits per heavy atom. The highest BCUT2D eigenvalue weighted by Crippen LogP contribution is 2.26. The highest BCUT2D eigenvalue weighted by atomic mass is 16.4. The quantitative estimate of drug-likeness (QED) is 0.845. The molecule has 0 radical (unpaired) electrons. The van der Waals surface area contributed by atoms with E-state index in [0.717, 1.165) is 18.6 Å². The van der Waals surface area contributed by atoms with Crippen LogP contribution in [0.15, 0.2) is 33.5 Å². The van der Waals surface area contributed by atoms with Crippen molar-refractivity contribution in [3.63, 3.8) is 0 Å². The molecule has 0 bridgehead atoms. The lowest BCUT2D eigenvalue weighted by molar-refractivity contribution is -0.122. The number of piperidine rings is 1. The van der Waals surface area contributed by atoms with Crippen molar-refractivity contribution in [2.45, 2.75) is 52.6 Å². The smallest absolute Gasteiger partial charge is 0.408 e. The van der Waals surface area contributed by atoms with E-state index in [0.29, 0.717) is 30.5 Å². The first-order valence-corrected chi connectivity index (χ1v) is 9.86. The number of carbonyl (C=O) groups is 1. The molecule has 3 rings (SSSR count). The minimum atomic E-state index is -0.416. The SMILES string of the molecule is CC1CC(C)CN(C(C)(C)CNC(=O)CCn2c(=O)oc3ccccc32)C1. The average Bonchev–Trinajstić information content (AvgIpc) is 2.92. The molecule has 27 heavy (non-hydrogen) atoms. The molecule has 1 aliphatic rings. The van der Waals surface area contributed by atoms with E-state index in [9.17, 15) is 9.59 Å². The molecule has 2 heterocycles. The Morgan fingerprint density at radius 1 is 1.22 bits per heavy atom. The maximum absolute atomic E-state index is 12.4. The summed E-state index contributed by atoms with van der Waals surface area (Å²) in [6.45, 7) is 12.0. The van der Waals surface area contributed by atoms with Gasteiger partial charge in [0.05, 0.1) is 5.52 Å². The summed E-state index contributed by atoms with van der Waals surface area (Å²) in [5, 5.41) is 3.05. The lowest BCUT2D eigenvalue weighted by atomic mass is 9.88. The van der Waals surface area contributed by atoms with Crippen LogP contribution in [-0.4, -0.2) is 40.5 Å². The highest BCUT2D eigenvalue weighted by molar-refractivity contribution is 5.76. The number of oxazole rings is 1. The van der Waals surface area contributed by atoms with Crippen molar-refractivity contribution in [2.75, 3.05) is 19.6 Å². The number of aryl methyl sites for hydroxylation is 1. The fourth-order valence-corrected chi connectivity index (χ4v) is 4.11. The molecule has 0 spiro atoms. The lowest BCUT2D eigenvalue weighted by Crippen LogP contribution is -2.56. The number of fused-ring (bicyclic) bond motifs is 1. The zero-order chi connectivity index (χ0) is 19.6. The fourth-order valence-electron chi connectivity index (χ4n) is 4.11. The molecule has 6 heteroatoms. The van der Waals surface area contributed by atoms with Crippen molar-refractivity contribution in [1.82, 2.24) is 14.8 Å². The van der Waals surface area contributed by atoms with Gasteiger partial charge in [-0.1, -0.05) is 26.0 Å². The Balaban J connectivity index is 1.55. The van der Waals surface area contributed by atoms with Crippen molar-refractivity contribution < 1.29 is 9.21 Å². The monoisotopic (exact) mass is 373 g/mol. The molecule has 1 fully saturated rings. The predicted octanol–water partition coefficient (Wildman–Crippen LogP) is 2.86. The Hall–Kier alpha value is -2.08. The summed E-state index contributed by atoms with van der Waals surface area (Å²) in [6.07, 6.45) is 1.53. The van der Waals surface area contributed by atoms with E-state index in [2.05, 4.69) is 37.9 Å². The van der Waals surface area contributed by atoms with Crippen LogP contribution in [-0.2, 0) is 11.3 Å². The number of aromatic nitrogens is 1. The summed E-state index contributed by atoms with van der Waals surface area (Å²) in [4.78, 5) is 26.8. The molecule has 1 amide bonds. The molecule has 2 aromatic rings. The van der Waals surface area contributed by atoms with Gasteiger partial charge < -0.3 is 9.73 Å². The van der Waals surface area contributed by atoms with Crippen LogP contribution >= 0.6 is 0 Å². The van der Waals surface area contributed by atoms with Gasteiger partial charge in [0, 0.05) is 38.1 Å². The molecule has 1 N–H and O–H groups in total. The van der Waals surface area contributed by atoms with Gasteiger partial charge in [-0.25, -0.2) is 4.79 Å². The van der Waals surface area contributed by atoms with E-state index in [-0.39, 0.29) is 17.9 Å². The van der Waals surface area contributed by atoms with E-state index >= 15 is 0 Å². The standard InChI is InChI=1S/C21H31N3O3/c1-15-11-16(2)13-23(12-15)21(3,4)14-22-19(25)9-10-24-17-7-5-6-8-18(17)27-20(24)26/h5-8,15-16H,9-14H2,1-4H3,(H,22,25). The van der Waals surface area contributed by atoms with Gasteiger partial charge in [0.15, 0.2) is 5.58 Å². The number of hydrogen-bond acceptors (Lipinski definition) is 4. The van der Waals surface area contributed by atoms with Crippen LogP contribution in [0.1, 0.15) is 40.5 Å². The van der Waals surface area contributed by atoms with Crippen LogP contribution in [0.5, 0.6) is 0 Å². The number of nitrogens with zero attached hydrogens (tertiary/aromatic N) is 2. The second kappa shape index (κ2) is 7.89. The molecule has 148 valence electrons. The van der Waals surface area contributed by atoms with Crippen molar-refractivity contribution in [2.24, 2.45) is 11.8 Å². The Morgan fingerprint density at radius 2 is 1.89 bits per heavy atom. The summed E-state index contributed by atoms with van der Waals surface area (Å²) in [6, 6.07) is 7.28. The van der Waals surface area contributed by atoms with E-state index in [1.165, 1.54) is 11.0 Å². The molecule has 0 saturated carbocycles. The summed E-state index contributed by atoms with van der Waals surface area (Å²) in [7, 11) is 0. The van der Waals surface area contributed by atoms with Gasteiger partial charge in [-0.05, 0) is 44.2 Å². The fraction of sp³-hybridized carbons (Fsp3) is 0.619. The maximum atomic E-state index is 12.4. The second-order valence-corrected chi connectivity index (χ2v) is 8.68. The number of likely N-dealkylation sites (tertiary alicyclic amines) is 1.